The Balaban J connectivity index is 1.69. The van der Waals surface area contributed by atoms with Gasteiger partial charge >= 0.3 is 0 Å². The molecule has 0 saturated carbocycles. The van der Waals surface area contributed by atoms with Crippen LogP contribution in [-0.4, -0.2) is 27.4 Å². The summed E-state index contributed by atoms with van der Waals surface area (Å²) in [5, 5.41) is 3.90. The Morgan fingerprint density at radius 2 is 1.67 bits per heavy atom. The number of nitrogens with one attached hydrogen (secondary N) is 2. The highest BCUT2D eigenvalue weighted by Gasteiger charge is 2.17. The summed E-state index contributed by atoms with van der Waals surface area (Å²) in [5.74, 6) is -0.231. The molecular weight excluding hydrogens is 431 g/mol. The molecule has 0 saturated heterocycles. The topological polar surface area (TPSA) is 75.3 Å². The smallest absolute Gasteiger partial charge is 0.242 e. The zero-order chi connectivity index (χ0) is 19.9. The monoisotopic (exact) mass is 448 g/mol. The van der Waals surface area contributed by atoms with E-state index in [9.17, 15) is 13.2 Å². The van der Waals surface area contributed by atoms with Gasteiger partial charge in [0.25, 0.3) is 0 Å². The van der Waals surface area contributed by atoms with Gasteiger partial charge in [-0.1, -0.05) is 53.0 Å². The maximum atomic E-state index is 12.2. The van der Waals surface area contributed by atoms with Crippen molar-refractivity contribution in [3.05, 3.63) is 63.1 Å². The minimum atomic E-state index is -3.74. The molecule has 2 N–H and O–H groups in total. The van der Waals surface area contributed by atoms with Gasteiger partial charge in [-0.3, -0.25) is 4.79 Å². The van der Waals surface area contributed by atoms with Crippen LogP contribution in [0.25, 0.3) is 0 Å². The maximum absolute atomic E-state index is 12.2. The molecule has 27 heavy (non-hydrogen) atoms. The molecule has 0 spiro atoms. The number of aryl methyl sites for hydroxylation is 1. The van der Waals surface area contributed by atoms with E-state index in [1.807, 2.05) is 6.07 Å². The summed E-state index contributed by atoms with van der Waals surface area (Å²) in [7, 11) is -3.74. The molecule has 2 aromatic carbocycles. The summed E-state index contributed by atoms with van der Waals surface area (Å²) in [6.45, 7) is 0.475. The highest BCUT2D eigenvalue weighted by Crippen LogP contribution is 2.23. The second-order valence-corrected chi connectivity index (χ2v) is 8.74. The van der Waals surface area contributed by atoms with Crippen molar-refractivity contribution in [3.63, 3.8) is 0 Å². The molecule has 5 nitrogen and oxygen atoms in total. The van der Waals surface area contributed by atoms with Gasteiger partial charge in [0.15, 0.2) is 0 Å². The number of halogens is 3. The Labute approximate surface area is 174 Å². The minimum absolute atomic E-state index is 0.00583. The molecule has 2 rings (SSSR count). The van der Waals surface area contributed by atoms with Crippen LogP contribution in [0.1, 0.15) is 18.4 Å². The summed E-state index contributed by atoms with van der Waals surface area (Å²) >= 11 is 17.7. The molecule has 2 aromatic rings. The van der Waals surface area contributed by atoms with E-state index in [2.05, 4.69) is 10.0 Å². The normalized spacial score (nSPS) is 11.4. The van der Waals surface area contributed by atoms with Crippen molar-refractivity contribution in [1.29, 1.82) is 0 Å². The standard InChI is InChI=1S/C18H19Cl3N2O3S/c19-14-8-7-13(12-16(14)21)4-3-10-22-18(24)9-11-23-27(25,26)17-6-2-1-5-15(17)20/h1-2,5-8,12,23H,3-4,9-11H2,(H,22,24). The van der Waals surface area contributed by atoms with Crippen molar-refractivity contribution in [2.45, 2.75) is 24.2 Å². The fraction of sp³-hybridized carbons (Fsp3) is 0.278. The molecule has 0 atom stereocenters. The summed E-state index contributed by atoms with van der Waals surface area (Å²) in [5.41, 5.74) is 1.03. The molecule has 0 aliphatic heterocycles. The van der Waals surface area contributed by atoms with Gasteiger partial charge in [-0.2, -0.15) is 0 Å². The largest absolute Gasteiger partial charge is 0.356 e. The lowest BCUT2D eigenvalue weighted by atomic mass is 10.1. The van der Waals surface area contributed by atoms with E-state index in [0.717, 1.165) is 18.4 Å². The fourth-order valence-electron chi connectivity index (χ4n) is 2.34. The van der Waals surface area contributed by atoms with Gasteiger partial charge in [0.2, 0.25) is 15.9 Å². The van der Waals surface area contributed by atoms with Gasteiger partial charge in [0.05, 0.1) is 15.1 Å². The van der Waals surface area contributed by atoms with Gasteiger partial charge in [-0.15, -0.1) is 0 Å². The van der Waals surface area contributed by atoms with E-state index in [0.29, 0.717) is 16.6 Å². The van der Waals surface area contributed by atoms with Gasteiger partial charge < -0.3 is 5.32 Å². The first kappa shape index (κ1) is 22.0. The zero-order valence-corrected chi connectivity index (χ0v) is 17.4. The van der Waals surface area contributed by atoms with Crippen molar-refractivity contribution >= 4 is 50.7 Å². The van der Waals surface area contributed by atoms with Crippen molar-refractivity contribution < 1.29 is 13.2 Å². The van der Waals surface area contributed by atoms with Gasteiger partial charge in [0, 0.05) is 19.5 Å². The van der Waals surface area contributed by atoms with E-state index in [4.69, 9.17) is 34.8 Å². The molecule has 1 amide bonds. The van der Waals surface area contributed by atoms with E-state index in [1.54, 1.807) is 24.3 Å². The van der Waals surface area contributed by atoms with Crippen LogP contribution in [0.4, 0.5) is 0 Å². The molecule has 0 bridgehead atoms. The van der Waals surface area contributed by atoms with Crippen LogP contribution in [0.2, 0.25) is 15.1 Å². The molecular formula is C18H19Cl3N2O3S. The predicted molar refractivity (Wildman–Crippen MR) is 109 cm³/mol. The lowest BCUT2D eigenvalue weighted by molar-refractivity contribution is -0.120. The molecule has 0 unspecified atom stereocenters. The van der Waals surface area contributed by atoms with E-state index >= 15 is 0 Å². The van der Waals surface area contributed by atoms with Crippen LogP contribution in [0, 0.1) is 0 Å². The number of amides is 1. The van der Waals surface area contributed by atoms with Gasteiger partial charge in [0.1, 0.15) is 4.90 Å². The second kappa shape index (κ2) is 10.3. The summed E-state index contributed by atoms with van der Waals surface area (Å²) in [4.78, 5) is 11.8. The average molecular weight is 450 g/mol. The lowest BCUT2D eigenvalue weighted by Crippen LogP contribution is -2.31. The van der Waals surface area contributed by atoms with Crippen molar-refractivity contribution in [2.24, 2.45) is 0 Å². The van der Waals surface area contributed by atoms with Crippen LogP contribution in [0.3, 0.4) is 0 Å². The quantitative estimate of drug-likeness (QED) is 0.567. The molecule has 0 heterocycles. The van der Waals surface area contributed by atoms with Crippen molar-refractivity contribution in [1.82, 2.24) is 10.0 Å². The molecule has 0 aliphatic rings. The Kier molecular flexibility index (Phi) is 8.38. The lowest BCUT2D eigenvalue weighted by Gasteiger charge is -2.09. The predicted octanol–water partition coefficient (Wildman–Crippen LogP) is 4.06. The summed E-state index contributed by atoms with van der Waals surface area (Å²) < 4.78 is 26.7. The molecule has 146 valence electrons. The molecule has 0 radical (unpaired) electrons. The van der Waals surface area contributed by atoms with Crippen molar-refractivity contribution in [2.75, 3.05) is 13.1 Å². The SMILES string of the molecule is O=C(CCNS(=O)(=O)c1ccccc1Cl)NCCCc1ccc(Cl)c(Cl)c1. The first-order chi connectivity index (χ1) is 12.8. The van der Waals surface area contributed by atoms with E-state index in [-0.39, 0.29) is 28.8 Å². The summed E-state index contributed by atoms with van der Waals surface area (Å²) in [6, 6.07) is 11.6. The van der Waals surface area contributed by atoms with Crippen LogP contribution in [0.5, 0.6) is 0 Å². The van der Waals surface area contributed by atoms with Gasteiger partial charge in [-0.05, 0) is 42.7 Å². The average Bonchev–Trinajstić information content (AvgIpc) is 2.61. The third kappa shape index (κ3) is 6.97. The second-order valence-electron chi connectivity index (χ2n) is 5.78. The highest BCUT2D eigenvalue weighted by molar-refractivity contribution is 7.89. The number of carbonyl (C=O) groups is 1. The maximum Gasteiger partial charge on any atom is 0.242 e. The molecule has 9 heteroatoms. The molecule has 0 fully saturated rings. The van der Waals surface area contributed by atoms with Crippen molar-refractivity contribution in [3.8, 4) is 0 Å². The van der Waals surface area contributed by atoms with Crippen LogP contribution < -0.4 is 10.0 Å². The minimum Gasteiger partial charge on any atom is -0.356 e. The van der Waals surface area contributed by atoms with Crippen LogP contribution in [0.15, 0.2) is 47.4 Å². The Morgan fingerprint density at radius 3 is 2.37 bits per heavy atom. The highest BCUT2D eigenvalue weighted by atomic mass is 35.5. The molecule has 0 aliphatic carbocycles. The number of rotatable bonds is 9. The third-order valence-corrected chi connectivity index (χ3v) is 6.42. The number of carbonyl (C=O) groups excluding carboxylic acids is 1. The molecule has 0 aromatic heterocycles. The Bertz CT molecular complexity index is 904. The first-order valence-electron chi connectivity index (χ1n) is 8.24. The number of hydrogen-bond donors (Lipinski definition) is 2. The zero-order valence-electron chi connectivity index (χ0n) is 14.3. The fourth-order valence-corrected chi connectivity index (χ4v) is 4.21. The summed E-state index contributed by atoms with van der Waals surface area (Å²) in [6.07, 6.45) is 1.52. The Morgan fingerprint density at radius 1 is 0.926 bits per heavy atom. The van der Waals surface area contributed by atoms with Gasteiger partial charge in [-0.25, -0.2) is 13.1 Å². The van der Waals surface area contributed by atoms with Crippen LogP contribution >= 0.6 is 34.8 Å². The number of sulfonamides is 1. The van der Waals surface area contributed by atoms with E-state index in [1.165, 1.54) is 12.1 Å². The Hall–Kier alpha value is -1.31. The van der Waals surface area contributed by atoms with Crippen LogP contribution in [-0.2, 0) is 21.2 Å². The third-order valence-electron chi connectivity index (χ3n) is 3.72. The number of benzene rings is 2. The number of hydrogen-bond acceptors (Lipinski definition) is 3. The first-order valence-corrected chi connectivity index (χ1v) is 10.9. The van der Waals surface area contributed by atoms with E-state index < -0.39 is 10.0 Å².